The molecule has 1 atom stereocenters. The van der Waals surface area contributed by atoms with Gasteiger partial charge in [-0.15, -0.1) is 11.3 Å². The highest BCUT2D eigenvalue weighted by Gasteiger charge is 2.23. The highest BCUT2D eigenvalue weighted by molar-refractivity contribution is 7.13. The van der Waals surface area contributed by atoms with Gasteiger partial charge in [0.15, 0.2) is 0 Å². The van der Waals surface area contributed by atoms with Gasteiger partial charge in [-0.25, -0.2) is 4.98 Å². The first-order valence-electron chi connectivity index (χ1n) is 8.33. The summed E-state index contributed by atoms with van der Waals surface area (Å²) in [5, 5.41) is 12.0. The zero-order chi connectivity index (χ0) is 16.5. The molecule has 3 aromatic heterocycles. The third kappa shape index (κ3) is 3.27. The van der Waals surface area contributed by atoms with Crippen molar-refractivity contribution in [3.8, 4) is 10.6 Å². The molecule has 4 heterocycles. The maximum Gasteiger partial charge on any atom is 0.126 e. The molecule has 6 nitrogen and oxygen atoms in total. The SMILES string of the molecule is Cn1cc(-c2nc(CN3CCCC(c4ccn(C)n4)C3)cs2)cn1. The summed E-state index contributed by atoms with van der Waals surface area (Å²) in [6.45, 7) is 3.12. The van der Waals surface area contributed by atoms with Crippen LogP contribution in [0.1, 0.15) is 30.1 Å². The molecule has 0 radical (unpaired) electrons. The molecule has 0 amide bonds. The molecule has 0 bridgehead atoms. The van der Waals surface area contributed by atoms with Crippen LogP contribution in [0.3, 0.4) is 0 Å². The lowest BCUT2D eigenvalue weighted by Gasteiger charge is -2.31. The van der Waals surface area contributed by atoms with E-state index in [0.29, 0.717) is 5.92 Å². The van der Waals surface area contributed by atoms with Crippen LogP contribution < -0.4 is 0 Å². The molecule has 126 valence electrons. The van der Waals surface area contributed by atoms with E-state index in [9.17, 15) is 0 Å². The van der Waals surface area contributed by atoms with Gasteiger partial charge in [0.05, 0.1) is 17.6 Å². The van der Waals surface area contributed by atoms with Crippen LogP contribution in [0.2, 0.25) is 0 Å². The van der Waals surface area contributed by atoms with Crippen molar-refractivity contribution in [2.45, 2.75) is 25.3 Å². The predicted octanol–water partition coefficient (Wildman–Crippen LogP) is 2.66. The topological polar surface area (TPSA) is 51.8 Å². The molecule has 1 saturated heterocycles. The number of hydrogen-bond acceptors (Lipinski definition) is 5. The zero-order valence-corrected chi connectivity index (χ0v) is 14.9. The zero-order valence-electron chi connectivity index (χ0n) is 14.1. The minimum Gasteiger partial charge on any atom is -0.297 e. The molecule has 0 N–H and O–H groups in total. The number of hydrogen-bond donors (Lipinski definition) is 0. The van der Waals surface area contributed by atoms with E-state index in [1.54, 1.807) is 11.3 Å². The summed E-state index contributed by atoms with van der Waals surface area (Å²) < 4.78 is 3.72. The third-order valence-electron chi connectivity index (χ3n) is 4.55. The lowest BCUT2D eigenvalue weighted by atomic mass is 9.95. The number of aryl methyl sites for hydroxylation is 2. The Bertz CT molecular complexity index is 817. The van der Waals surface area contributed by atoms with Crippen LogP contribution in [0.15, 0.2) is 30.0 Å². The maximum absolute atomic E-state index is 4.79. The fourth-order valence-corrected chi connectivity index (χ4v) is 4.15. The summed E-state index contributed by atoms with van der Waals surface area (Å²) in [5.74, 6) is 0.538. The van der Waals surface area contributed by atoms with Gasteiger partial charge in [-0.2, -0.15) is 10.2 Å². The van der Waals surface area contributed by atoms with Gasteiger partial charge in [0, 0.05) is 56.4 Å². The highest BCUT2D eigenvalue weighted by Crippen LogP contribution is 2.28. The van der Waals surface area contributed by atoms with Crippen LogP contribution in [-0.4, -0.2) is 42.5 Å². The molecular weight excluding hydrogens is 320 g/mol. The maximum atomic E-state index is 4.79. The standard InChI is InChI=1S/C17H22N6S/c1-21-7-5-16(20-21)13-4-3-6-23(10-13)11-15-12-24-17(19-15)14-8-18-22(2)9-14/h5,7-9,12-13H,3-4,6,10-11H2,1-2H3. The van der Waals surface area contributed by atoms with E-state index in [-0.39, 0.29) is 0 Å². The van der Waals surface area contributed by atoms with Crippen molar-refractivity contribution in [1.82, 2.24) is 29.4 Å². The van der Waals surface area contributed by atoms with E-state index < -0.39 is 0 Å². The quantitative estimate of drug-likeness (QED) is 0.731. The number of aromatic nitrogens is 5. The van der Waals surface area contributed by atoms with E-state index in [0.717, 1.165) is 35.9 Å². The van der Waals surface area contributed by atoms with Crippen LogP contribution in [0.4, 0.5) is 0 Å². The van der Waals surface area contributed by atoms with Crippen molar-refractivity contribution in [2.24, 2.45) is 14.1 Å². The van der Waals surface area contributed by atoms with Gasteiger partial charge in [-0.3, -0.25) is 14.3 Å². The fourth-order valence-electron chi connectivity index (χ4n) is 3.36. The molecule has 0 aromatic carbocycles. The van der Waals surface area contributed by atoms with E-state index in [4.69, 9.17) is 4.98 Å². The normalized spacial score (nSPS) is 19.0. The summed E-state index contributed by atoms with van der Waals surface area (Å²) >= 11 is 1.70. The van der Waals surface area contributed by atoms with Gasteiger partial charge >= 0.3 is 0 Å². The molecule has 1 aliphatic rings. The van der Waals surface area contributed by atoms with Gasteiger partial charge in [-0.05, 0) is 25.5 Å². The Morgan fingerprint density at radius 3 is 2.96 bits per heavy atom. The van der Waals surface area contributed by atoms with Crippen molar-refractivity contribution in [3.63, 3.8) is 0 Å². The molecule has 0 saturated carbocycles. The van der Waals surface area contributed by atoms with Crippen molar-refractivity contribution >= 4 is 11.3 Å². The molecule has 1 aliphatic heterocycles. The molecule has 3 aromatic rings. The summed E-state index contributed by atoms with van der Waals surface area (Å²) in [4.78, 5) is 7.30. The predicted molar refractivity (Wildman–Crippen MR) is 94.8 cm³/mol. The van der Waals surface area contributed by atoms with Gasteiger partial charge in [0.25, 0.3) is 0 Å². The largest absolute Gasteiger partial charge is 0.297 e. The number of piperidine rings is 1. The van der Waals surface area contributed by atoms with Crippen molar-refractivity contribution < 1.29 is 0 Å². The summed E-state index contributed by atoms with van der Waals surface area (Å²) in [6, 6.07) is 2.15. The van der Waals surface area contributed by atoms with E-state index in [1.807, 2.05) is 42.0 Å². The molecular formula is C17H22N6S. The van der Waals surface area contributed by atoms with Gasteiger partial charge in [-0.1, -0.05) is 0 Å². The number of thiazole rings is 1. The first-order valence-corrected chi connectivity index (χ1v) is 9.20. The van der Waals surface area contributed by atoms with Gasteiger partial charge < -0.3 is 0 Å². The number of likely N-dealkylation sites (tertiary alicyclic amines) is 1. The molecule has 0 spiro atoms. The lowest BCUT2D eigenvalue weighted by Crippen LogP contribution is -2.34. The smallest absolute Gasteiger partial charge is 0.126 e. The first kappa shape index (κ1) is 15.5. The molecule has 7 heteroatoms. The summed E-state index contributed by atoms with van der Waals surface area (Å²) in [5.41, 5.74) is 3.47. The van der Waals surface area contributed by atoms with E-state index in [2.05, 4.69) is 26.5 Å². The van der Waals surface area contributed by atoms with Crippen LogP contribution in [0, 0.1) is 0 Å². The monoisotopic (exact) mass is 342 g/mol. The Hall–Kier alpha value is -1.99. The van der Waals surface area contributed by atoms with Crippen LogP contribution >= 0.6 is 11.3 Å². The van der Waals surface area contributed by atoms with Gasteiger partial charge in [0.1, 0.15) is 5.01 Å². The molecule has 0 aliphatic carbocycles. The van der Waals surface area contributed by atoms with Crippen LogP contribution in [0.25, 0.3) is 10.6 Å². The Morgan fingerprint density at radius 1 is 1.29 bits per heavy atom. The van der Waals surface area contributed by atoms with Crippen molar-refractivity contribution in [3.05, 3.63) is 41.4 Å². The lowest BCUT2D eigenvalue weighted by molar-refractivity contribution is 0.196. The Morgan fingerprint density at radius 2 is 2.21 bits per heavy atom. The average Bonchev–Trinajstić information content (AvgIpc) is 3.29. The molecule has 4 rings (SSSR count). The highest BCUT2D eigenvalue weighted by atomic mass is 32.1. The van der Waals surface area contributed by atoms with Crippen LogP contribution in [0.5, 0.6) is 0 Å². The Kier molecular flexibility index (Phi) is 4.20. The first-order chi connectivity index (χ1) is 11.7. The molecule has 1 fully saturated rings. The second kappa shape index (κ2) is 6.49. The number of nitrogens with zero attached hydrogens (tertiary/aromatic N) is 6. The van der Waals surface area contributed by atoms with Crippen molar-refractivity contribution in [2.75, 3.05) is 13.1 Å². The van der Waals surface area contributed by atoms with Crippen LogP contribution in [-0.2, 0) is 20.6 Å². The summed E-state index contributed by atoms with van der Waals surface area (Å²) in [7, 11) is 3.92. The van der Waals surface area contributed by atoms with Gasteiger partial charge in [0.2, 0.25) is 0 Å². The minimum absolute atomic E-state index is 0.538. The summed E-state index contributed by atoms with van der Waals surface area (Å²) in [6.07, 6.45) is 8.38. The number of rotatable bonds is 4. The second-order valence-corrected chi connectivity index (χ2v) is 7.39. The Labute approximate surface area is 145 Å². The molecule has 1 unspecified atom stereocenters. The Balaban J connectivity index is 1.42. The van der Waals surface area contributed by atoms with Crippen molar-refractivity contribution in [1.29, 1.82) is 0 Å². The average molecular weight is 342 g/mol. The third-order valence-corrected chi connectivity index (χ3v) is 5.49. The molecule has 24 heavy (non-hydrogen) atoms. The second-order valence-electron chi connectivity index (χ2n) is 6.54. The van der Waals surface area contributed by atoms with E-state index >= 15 is 0 Å². The fraction of sp³-hybridized carbons (Fsp3) is 0.471. The minimum atomic E-state index is 0.538. The van der Waals surface area contributed by atoms with E-state index in [1.165, 1.54) is 18.5 Å².